The second kappa shape index (κ2) is 5.45. The Morgan fingerprint density at radius 2 is 2.10 bits per heavy atom. The zero-order valence-electron chi connectivity index (χ0n) is 12.2. The Bertz CT molecular complexity index is 612. The predicted molar refractivity (Wildman–Crippen MR) is 77.2 cm³/mol. The third-order valence-corrected chi connectivity index (χ3v) is 2.61. The van der Waals surface area contributed by atoms with Gasteiger partial charge in [-0.15, -0.1) is 0 Å². The molecule has 0 saturated carbocycles. The van der Waals surface area contributed by atoms with Crippen LogP contribution in [0, 0.1) is 12.3 Å². The van der Waals surface area contributed by atoms with Gasteiger partial charge in [0.2, 0.25) is 5.91 Å². The number of anilines is 1. The van der Waals surface area contributed by atoms with Crippen LogP contribution in [0.3, 0.4) is 0 Å². The van der Waals surface area contributed by atoms with Gasteiger partial charge in [0.25, 0.3) is 5.89 Å². The first-order chi connectivity index (χ1) is 9.33. The number of carbonyl (C=O) groups excluding carboxylic acids is 1. The SMILES string of the molecule is Cc1noc(-c2cccc(NC(=O)CC(C)(C)C)c2)n1. The Morgan fingerprint density at radius 3 is 2.70 bits per heavy atom. The average Bonchev–Trinajstić information content (AvgIpc) is 2.73. The molecule has 1 amide bonds. The van der Waals surface area contributed by atoms with Gasteiger partial charge in [0.05, 0.1) is 0 Å². The number of nitrogens with one attached hydrogen (secondary N) is 1. The van der Waals surface area contributed by atoms with E-state index in [4.69, 9.17) is 4.52 Å². The van der Waals surface area contributed by atoms with Crippen molar-refractivity contribution in [1.29, 1.82) is 0 Å². The van der Waals surface area contributed by atoms with Crippen molar-refractivity contribution in [3.8, 4) is 11.5 Å². The molecule has 0 spiro atoms. The molecule has 0 aliphatic heterocycles. The van der Waals surface area contributed by atoms with Crippen molar-refractivity contribution >= 4 is 11.6 Å². The fourth-order valence-electron chi connectivity index (χ4n) is 1.83. The number of hydrogen-bond donors (Lipinski definition) is 1. The van der Waals surface area contributed by atoms with Crippen molar-refractivity contribution in [2.45, 2.75) is 34.1 Å². The molecule has 0 aliphatic carbocycles. The number of aromatic nitrogens is 2. The first-order valence-electron chi connectivity index (χ1n) is 6.54. The maximum absolute atomic E-state index is 11.9. The third-order valence-electron chi connectivity index (χ3n) is 2.61. The zero-order valence-corrected chi connectivity index (χ0v) is 12.2. The molecule has 5 nitrogen and oxygen atoms in total. The van der Waals surface area contributed by atoms with Gasteiger partial charge in [-0.25, -0.2) is 0 Å². The van der Waals surface area contributed by atoms with Crippen LogP contribution < -0.4 is 5.32 Å². The van der Waals surface area contributed by atoms with Crippen molar-refractivity contribution in [3.05, 3.63) is 30.1 Å². The lowest BCUT2D eigenvalue weighted by atomic mass is 9.92. The minimum Gasteiger partial charge on any atom is -0.334 e. The fraction of sp³-hybridized carbons (Fsp3) is 0.400. The van der Waals surface area contributed by atoms with Gasteiger partial charge in [0, 0.05) is 17.7 Å². The normalized spacial score (nSPS) is 11.4. The van der Waals surface area contributed by atoms with Crippen molar-refractivity contribution in [3.63, 3.8) is 0 Å². The van der Waals surface area contributed by atoms with E-state index >= 15 is 0 Å². The Labute approximate surface area is 118 Å². The smallest absolute Gasteiger partial charge is 0.257 e. The summed E-state index contributed by atoms with van der Waals surface area (Å²) in [5.74, 6) is 1.04. The molecule has 2 rings (SSSR count). The van der Waals surface area contributed by atoms with Gasteiger partial charge >= 0.3 is 0 Å². The minimum atomic E-state index is -0.0364. The summed E-state index contributed by atoms with van der Waals surface area (Å²) in [6.45, 7) is 7.86. The molecule has 20 heavy (non-hydrogen) atoms. The van der Waals surface area contributed by atoms with Crippen LogP contribution in [0.25, 0.3) is 11.5 Å². The lowest BCUT2D eigenvalue weighted by Gasteiger charge is -2.17. The largest absolute Gasteiger partial charge is 0.334 e. The Morgan fingerprint density at radius 1 is 1.35 bits per heavy atom. The van der Waals surface area contributed by atoms with Crippen LogP contribution in [0.5, 0.6) is 0 Å². The van der Waals surface area contributed by atoms with Crippen molar-refractivity contribution < 1.29 is 9.32 Å². The number of rotatable bonds is 3. The summed E-state index contributed by atoms with van der Waals surface area (Å²) in [5.41, 5.74) is 1.48. The molecule has 0 saturated heterocycles. The molecule has 106 valence electrons. The minimum absolute atomic E-state index is 0.00337. The molecule has 0 atom stereocenters. The number of aryl methyl sites for hydroxylation is 1. The van der Waals surface area contributed by atoms with E-state index in [2.05, 4.69) is 15.5 Å². The van der Waals surface area contributed by atoms with Gasteiger partial charge < -0.3 is 9.84 Å². The fourth-order valence-corrected chi connectivity index (χ4v) is 1.83. The summed E-state index contributed by atoms with van der Waals surface area (Å²) >= 11 is 0. The van der Waals surface area contributed by atoms with Crippen molar-refractivity contribution in [1.82, 2.24) is 10.1 Å². The van der Waals surface area contributed by atoms with Crippen LogP contribution in [-0.2, 0) is 4.79 Å². The van der Waals surface area contributed by atoms with Gasteiger partial charge in [0.15, 0.2) is 5.82 Å². The lowest BCUT2D eigenvalue weighted by molar-refractivity contribution is -0.117. The lowest BCUT2D eigenvalue weighted by Crippen LogP contribution is -2.19. The van der Waals surface area contributed by atoms with Crippen LogP contribution in [0.15, 0.2) is 28.8 Å². The summed E-state index contributed by atoms with van der Waals surface area (Å²) in [4.78, 5) is 16.1. The summed E-state index contributed by atoms with van der Waals surface area (Å²) in [6.07, 6.45) is 0.469. The zero-order chi connectivity index (χ0) is 14.8. The highest BCUT2D eigenvalue weighted by Crippen LogP contribution is 2.23. The molecular weight excluding hydrogens is 254 g/mol. The van der Waals surface area contributed by atoms with Gasteiger partial charge in [-0.1, -0.05) is 32.0 Å². The number of benzene rings is 1. The molecule has 1 N–H and O–H groups in total. The van der Waals surface area contributed by atoms with E-state index in [1.165, 1.54) is 0 Å². The van der Waals surface area contributed by atoms with E-state index in [0.29, 0.717) is 18.1 Å². The van der Waals surface area contributed by atoms with Gasteiger partial charge in [-0.3, -0.25) is 4.79 Å². The molecule has 2 aromatic rings. The number of nitrogens with zero attached hydrogens (tertiary/aromatic N) is 2. The van der Waals surface area contributed by atoms with E-state index in [9.17, 15) is 4.79 Å². The molecule has 0 radical (unpaired) electrons. The third kappa shape index (κ3) is 3.91. The first-order valence-corrected chi connectivity index (χ1v) is 6.54. The van der Waals surface area contributed by atoms with Crippen LogP contribution in [0.2, 0.25) is 0 Å². The van der Waals surface area contributed by atoms with Gasteiger partial charge in [-0.2, -0.15) is 4.98 Å². The van der Waals surface area contributed by atoms with E-state index in [-0.39, 0.29) is 11.3 Å². The van der Waals surface area contributed by atoms with Gasteiger partial charge in [-0.05, 0) is 30.5 Å². The summed E-state index contributed by atoms with van der Waals surface area (Å²) in [7, 11) is 0. The number of hydrogen-bond acceptors (Lipinski definition) is 4. The van der Waals surface area contributed by atoms with E-state index in [0.717, 1.165) is 11.3 Å². The maximum Gasteiger partial charge on any atom is 0.257 e. The second-order valence-electron chi connectivity index (χ2n) is 6.01. The number of amides is 1. The summed E-state index contributed by atoms with van der Waals surface area (Å²) < 4.78 is 5.12. The van der Waals surface area contributed by atoms with E-state index in [1.807, 2.05) is 45.0 Å². The standard InChI is InChI=1S/C15H19N3O2/c1-10-16-14(20-18-10)11-6-5-7-12(8-11)17-13(19)9-15(2,3)4/h5-8H,9H2,1-4H3,(H,17,19). The molecule has 5 heteroatoms. The molecule has 0 fully saturated rings. The van der Waals surface area contributed by atoms with Crippen LogP contribution >= 0.6 is 0 Å². The Hall–Kier alpha value is -2.17. The highest BCUT2D eigenvalue weighted by atomic mass is 16.5. The second-order valence-corrected chi connectivity index (χ2v) is 6.01. The van der Waals surface area contributed by atoms with Crippen LogP contribution in [0.4, 0.5) is 5.69 Å². The van der Waals surface area contributed by atoms with E-state index < -0.39 is 0 Å². The van der Waals surface area contributed by atoms with Crippen LogP contribution in [0.1, 0.15) is 33.0 Å². The quantitative estimate of drug-likeness (QED) is 0.930. The van der Waals surface area contributed by atoms with Crippen LogP contribution in [-0.4, -0.2) is 16.0 Å². The molecule has 1 aromatic carbocycles. The number of carbonyl (C=O) groups is 1. The molecule has 0 bridgehead atoms. The monoisotopic (exact) mass is 273 g/mol. The maximum atomic E-state index is 11.9. The highest BCUT2D eigenvalue weighted by Gasteiger charge is 2.16. The highest BCUT2D eigenvalue weighted by molar-refractivity contribution is 5.91. The molecule has 0 aliphatic rings. The average molecular weight is 273 g/mol. The topological polar surface area (TPSA) is 68.0 Å². The summed E-state index contributed by atoms with van der Waals surface area (Å²) in [6, 6.07) is 7.38. The Kier molecular flexibility index (Phi) is 3.88. The molecular formula is C15H19N3O2. The molecule has 1 aromatic heterocycles. The first kappa shape index (κ1) is 14.2. The molecule has 1 heterocycles. The van der Waals surface area contributed by atoms with E-state index in [1.54, 1.807) is 6.92 Å². The van der Waals surface area contributed by atoms with Crippen molar-refractivity contribution in [2.75, 3.05) is 5.32 Å². The predicted octanol–water partition coefficient (Wildman–Crippen LogP) is 3.42. The van der Waals surface area contributed by atoms with Crippen molar-refractivity contribution in [2.24, 2.45) is 5.41 Å². The van der Waals surface area contributed by atoms with Gasteiger partial charge in [0.1, 0.15) is 0 Å². The summed E-state index contributed by atoms with van der Waals surface area (Å²) in [5, 5.41) is 6.65. The Balaban J connectivity index is 2.12. The molecule has 0 unspecified atom stereocenters.